The van der Waals surface area contributed by atoms with Crippen LogP contribution in [0.3, 0.4) is 0 Å². The standard InChI is InChI=1S/C21H26N2O4S/c1-4-14-23(16(2)20(24)22-19-8-6-5-7-9-19)21(25)18-12-10-17(11-13-18)15-28(3,26)27/h5-13,16H,4,14-15H2,1-3H3,(H,22,24). The molecule has 0 aromatic heterocycles. The normalized spacial score (nSPS) is 12.2. The molecule has 1 N–H and O–H groups in total. The van der Waals surface area contributed by atoms with Crippen LogP contribution in [-0.4, -0.2) is 44.0 Å². The lowest BCUT2D eigenvalue weighted by molar-refractivity contribution is -0.120. The van der Waals surface area contributed by atoms with Crippen molar-refractivity contribution in [3.63, 3.8) is 0 Å². The number of hydrogen-bond donors (Lipinski definition) is 1. The van der Waals surface area contributed by atoms with Crippen molar-refractivity contribution >= 4 is 27.3 Å². The van der Waals surface area contributed by atoms with Gasteiger partial charge >= 0.3 is 0 Å². The topological polar surface area (TPSA) is 83.6 Å². The first-order valence-corrected chi connectivity index (χ1v) is 11.2. The molecule has 2 aromatic rings. The summed E-state index contributed by atoms with van der Waals surface area (Å²) in [5.74, 6) is -0.596. The summed E-state index contributed by atoms with van der Waals surface area (Å²) in [6.45, 7) is 4.08. The molecule has 0 radical (unpaired) electrons. The molecule has 6 nitrogen and oxygen atoms in total. The molecule has 0 spiro atoms. The van der Waals surface area contributed by atoms with Crippen molar-refractivity contribution in [3.05, 3.63) is 65.7 Å². The minimum Gasteiger partial charge on any atom is -0.327 e. The third kappa shape index (κ3) is 6.20. The number of amides is 2. The van der Waals surface area contributed by atoms with Crippen LogP contribution >= 0.6 is 0 Å². The van der Waals surface area contributed by atoms with Gasteiger partial charge in [0.15, 0.2) is 9.84 Å². The predicted octanol–water partition coefficient (Wildman–Crippen LogP) is 3.11. The van der Waals surface area contributed by atoms with E-state index in [2.05, 4.69) is 5.32 Å². The van der Waals surface area contributed by atoms with Crippen LogP contribution in [0.5, 0.6) is 0 Å². The summed E-state index contributed by atoms with van der Waals surface area (Å²) in [5.41, 5.74) is 1.72. The third-order valence-electron chi connectivity index (χ3n) is 4.24. The van der Waals surface area contributed by atoms with Gasteiger partial charge in [-0.1, -0.05) is 37.3 Å². The Labute approximate surface area is 166 Å². The van der Waals surface area contributed by atoms with Gasteiger partial charge in [-0.05, 0) is 43.2 Å². The second-order valence-electron chi connectivity index (χ2n) is 6.80. The summed E-state index contributed by atoms with van der Waals surface area (Å²) in [6.07, 6.45) is 1.88. The predicted molar refractivity (Wildman–Crippen MR) is 111 cm³/mol. The quantitative estimate of drug-likeness (QED) is 0.735. The molecular formula is C21H26N2O4S. The molecule has 2 aromatic carbocycles. The fourth-order valence-electron chi connectivity index (χ4n) is 2.83. The summed E-state index contributed by atoms with van der Waals surface area (Å²) < 4.78 is 22.8. The Morgan fingerprint density at radius 3 is 2.18 bits per heavy atom. The molecule has 0 bridgehead atoms. The number of sulfone groups is 1. The number of nitrogens with zero attached hydrogens (tertiary/aromatic N) is 1. The first-order chi connectivity index (χ1) is 13.2. The van der Waals surface area contributed by atoms with Gasteiger partial charge in [-0.15, -0.1) is 0 Å². The van der Waals surface area contributed by atoms with Crippen LogP contribution in [0.2, 0.25) is 0 Å². The fourth-order valence-corrected chi connectivity index (χ4v) is 3.63. The first kappa shape index (κ1) is 21.6. The minimum atomic E-state index is -3.14. The lowest BCUT2D eigenvalue weighted by Crippen LogP contribution is -2.46. The average molecular weight is 403 g/mol. The number of para-hydroxylation sites is 1. The van der Waals surface area contributed by atoms with E-state index < -0.39 is 15.9 Å². The highest BCUT2D eigenvalue weighted by molar-refractivity contribution is 7.89. The molecule has 7 heteroatoms. The van der Waals surface area contributed by atoms with Crippen molar-refractivity contribution in [3.8, 4) is 0 Å². The minimum absolute atomic E-state index is 0.0734. The van der Waals surface area contributed by atoms with Gasteiger partial charge in [0, 0.05) is 24.1 Å². The maximum atomic E-state index is 13.0. The Kier molecular flexibility index (Phi) is 7.34. The number of carbonyl (C=O) groups excluding carboxylic acids is 2. The Morgan fingerprint density at radius 2 is 1.64 bits per heavy atom. The van der Waals surface area contributed by atoms with Crippen LogP contribution in [0.25, 0.3) is 0 Å². The van der Waals surface area contributed by atoms with Crippen LogP contribution in [0, 0.1) is 0 Å². The number of benzene rings is 2. The van der Waals surface area contributed by atoms with Crippen molar-refractivity contribution in [2.45, 2.75) is 32.1 Å². The van der Waals surface area contributed by atoms with Crippen molar-refractivity contribution in [1.82, 2.24) is 4.90 Å². The molecule has 0 aliphatic rings. The molecule has 28 heavy (non-hydrogen) atoms. The lowest BCUT2D eigenvalue weighted by atomic mass is 10.1. The summed E-state index contributed by atoms with van der Waals surface area (Å²) in [4.78, 5) is 27.1. The van der Waals surface area contributed by atoms with Gasteiger partial charge < -0.3 is 10.2 Å². The Morgan fingerprint density at radius 1 is 1.04 bits per heavy atom. The van der Waals surface area contributed by atoms with Crippen molar-refractivity contribution < 1.29 is 18.0 Å². The van der Waals surface area contributed by atoms with E-state index in [1.165, 1.54) is 11.2 Å². The monoisotopic (exact) mass is 402 g/mol. The molecule has 1 unspecified atom stereocenters. The van der Waals surface area contributed by atoms with Gasteiger partial charge in [0.25, 0.3) is 5.91 Å². The van der Waals surface area contributed by atoms with E-state index in [1.54, 1.807) is 43.3 Å². The van der Waals surface area contributed by atoms with Gasteiger partial charge in [0.05, 0.1) is 5.75 Å². The van der Waals surface area contributed by atoms with E-state index in [0.717, 1.165) is 0 Å². The molecule has 2 amide bonds. The molecule has 0 saturated heterocycles. The number of anilines is 1. The van der Waals surface area contributed by atoms with Gasteiger partial charge in [-0.25, -0.2) is 8.42 Å². The first-order valence-electron chi connectivity index (χ1n) is 9.15. The zero-order valence-electron chi connectivity index (χ0n) is 16.4. The molecular weight excluding hydrogens is 376 g/mol. The van der Waals surface area contributed by atoms with Crippen LogP contribution in [0.1, 0.15) is 36.2 Å². The number of nitrogens with one attached hydrogen (secondary N) is 1. The van der Waals surface area contributed by atoms with Gasteiger partial charge in [-0.3, -0.25) is 9.59 Å². The fraction of sp³-hybridized carbons (Fsp3) is 0.333. The van der Waals surface area contributed by atoms with E-state index in [9.17, 15) is 18.0 Å². The van der Waals surface area contributed by atoms with Gasteiger partial charge in [-0.2, -0.15) is 0 Å². The van der Waals surface area contributed by atoms with E-state index >= 15 is 0 Å². The van der Waals surface area contributed by atoms with E-state index in [-0.39, 0.29) is 17.6 Å². The third-order valence-corrected chi connectivity index (χ3v) is 5.10. The number of carbonyl (C=O) groups is 2. The van der Waals surface area contributed by atoms with E-state index in [0.29, 0.717) is 29.8 Å². The zero-order valence-corrected chi connectivity index (χ0v) is 17.2. The second kappa shape index (κ2) is 9.50. The van der Waals surface area contributed by atoms with Crippen LogP contribution in [-0.2, 0) is 20.4 Å². The molecule has 0 saturated carbocycles. The van der Waals surface area contributed by atoms with Gasteiger partial charge in [0.1, 0.15) is 6.04 Å². The summed E-state index contributed by atoms with van der Waals surface area (Å²) in [5, 5.41) is 2.82. The second-order valence-corrected chi connectivity index (χ2v) is 8.94. The Hall–Kier alpha value is -2.67. The van der Waals surface area contributed by atoms with E-state index in [1.807, 2.05) is 25.1 Å². The molecule has 0 heterocycles. The van der Waals surface area contributed by atoms with Crippen LogP contribution in [0.4, 0.5) is 5.69 Å². The maximum Gasteiger partial charge on any atom is 0.254 e. The number of rotatable bonds is 8. The number of hydrogen-bond acceptors (Lipinski definition) is 4. The molecule has 150 valence electrons. The molecule has 1 atom stereocenters. The van der Waals surface area contributed by atoms with Crippen LogP contribution in [0.15, 0.2) is 54.6 Å². The van der Waals surface area contributed by atoms with Gasteiger partial charge in [0.2, 0.25) is 5.91 Å². The summed E-state index contributed by atoms with van der Waals surface area (Å²) >= 11 is 0. The molecule has 0 fully saturated rings. The molecule has 2 rings (SSSR count). The Balaban J connectivity index is 2.15. The zero-order chi connectivity index (χ0) is 20.7. The average Bonchev–Trinajstić information content (AvgIpc) is 2.65. The van der Waals surface area contributed by atoms with Crippen LogP contribution < -0.4 is 5.32 Å². The highest BCUT2D eigenvalue weighted by Crippen LogP contribution is 2.14. The highest BCUT2D eigenvalue weighted by Gasteiger charge is 2.26. The SMILES string of the molecule is CCCN(C(=O)c1ccc(CS(C)(=O)=O)cc1)C(C)C(=O)Nc1ccccc1. The highest BCUT2D eigenvalue weighted by atomic mass is 32.2. The molecule has 0 aliphatic carbocycles. The van der Waals surface area contributed by atoms with E-state index in [4.69, 9.17) is 0 Å². The van der Waals surface area contributed by atoms with Crippen molar-refractivity contribution in [2.75, 3.05) is 18.1 Å². The maximum absolute atomic E-state index is 13.0. The lowest BCUT2D eigenvalue weighted by Gasteiger charge is -2.28. The summed E-state index contributed by atoms with van der Waals surface area (Å²) in [6, 6.07) is 14.9. The smallest absolute Gasteiger partial charge is 0.254 e. The Bertz CT molecular complexity index is 909. The largest absolute Gasteiger partial charge is 0.327 e. The summed E-state index contributed by atoms with van der Waals surface area (Å²) in [7, 11) is -3.14. The molecule has 0 aliphatic heterocycles. The van der Waals surface area contributed by atoms with Crippen molar-refractivity contribution in [1.29, 1.82) is 0 Å². The van der Waals surface area contributed by atoms with Crippen molar-refractivity contribution in [2.24, 2.45) is 0 Å².